The van der Waals surface area contributed by atoms with Crippen LogP contribution in [0.2, 0.25) is 0 Å². The van der Waals surface area contributed by atoms with Gasteiger partial charge in [0.2, 0.25) is 5.88 Å². The quantitative estimate of drug-likeness (QED) is 0.643. The molecule has 0 aliphatic carbocycles. The molecule has 1 aromatic carbocycles. The summed E-state index contributed by atoms with van der Waals surface area (Å²) < 4.78 is 9.26. The molecule has 0 unspecified atom stereocenters. The number of hydrogen-bond donors (Lipinski definition) is 0. The third-order valence-electron chi connectivity index (χ3n) is 4.27. The lowest BCUT2D eigenvalue weighted by Gasteiger charge is -2.12. The minimum Gasteiger partial charge on any atom is -0.404 e. The van der Waals surface area contributed by atoms with E-state index >= 15 is 0 Å². The van der Waals surface area contributed by atoms with Crippen LogP contribution in [0.15, 0.2) is 27.8 Å². The highest BCUT2D eigenvalue weighted by Gasteiger charge is 2.19. The molecule has 0 fully saturated rings. The maximum atomic E-state index is 12.5. The molecule has 0 spiro atoms. The van der Waals surface area contributed by atoms with Crippen molar-refractivity contribution in [3.63, 3.8) is 0 Å². The van der Waals surface area contributed by atoms with Crippen molar-refractivity contribution in [2.75, 3.05) is 0 Å². The number of fused-ring (bicyclic) bond motifs is 1. The zero-order valence-corrected chi connectivity index (χ0v) is 14.7. The van der Waals surface area contributed by atoms with Crippen molar-refractivity contribution < 1.29 is 9.53 Å². The van der Waals surface area contributed by atoms with Gasteiger partial charge < -0.3 is 4.74 Å². The van der Waals surface area contributed by atoms with Crippen molar-refractivity contribution in [2.24, 2.45) is 21.1 Å². The van der Waals surface area contributed by atoms with E-state index in [-0.39, 0.29) is 5.56 Å². The lowest BCUT2D eigenvalue weighted by molar-refractivity contribution is 0.0719. The second-order valence-electron chi connectivity index (χ2n) is 5.98. The molecule has 2 aromatic heterocycles. The molecule has 0 atom stereocenters. The van der Waals surface area contributed by atoms with Crippen molar-refractivity contribution in [1.82, 2.24) is 18.9 Å². The number of rotatable bonds is 2. The third-order valence-corrected chi connectivity index (χ3v) is 4.27. The fraction of sp³-hybridized carbons (Fsp3) is 0.294. The fourth-order valence-corrected chi connectivity index (χ4v) is 2.88. The Bertz CT molecular complexity index is 1130. The summed E-state index contributed by atoms with van der Waals surface area (Å²) in [5.74, 6) is -0.270. The number of nitrogens with zero attached hydrogens (tertiary/aromatic N) is 4. The molecule has 0 bridgehead atoms. The SMILES string of the molecule is Cc1cc(OC(=O)c2ccc3c(c2C)c(=O)n(C)c(=O)n3C)n(C)n1. The van der Waals surface area contributed by atoms with Gasteiger partial charge in [-0.15, -0.1) is 0 Å². The van der Waals surface area contributed by atoms with Crippen molar-refractivity contribution in [1.29, 1.82) is 0 Å². The summed E-state index contributed by atoms with van der Waals surface area (Å²) in [6.45, 7) is 3.46. The van der Waals surface area contributed by atoms with Crippen LogP contribution >= 0.6 is 0 Å². The van der Waals surface area contributed by atoms with Gasteiger partial charge in [0.1, 0.15) is 0 Å². The van der Waals surface area contributed by atoms with Gasteiger partial charge in [-0.2, -0.15) is 5.10 Å². The van der Waals surface area contributed by atoms with Gasteiger partial charge in [0.25, 0.3) is 5.56 Å². The van der Waals surface area contributed by atoms with E-state index in [1.165, 1.54) is 16.3 Å². The van der Waals surface area contributed by atoms with E-state index in [4.69, 9.17) is 4.74 Å². The number of esters is 1. The highest BCUT2D eigenvalue weighted by atomic mass is 16.5. The second-order valence-corrected chi connectivity index (χ2v) is 5.98. The van der Waals surface area contributed by atoms with Crippen molar-refractivity contribution in [3.05, 3.63) is 55.9 Å². The third kappa shape index (κ3) is 2.55. The molecule has 25 heavy (non-hydrogen) atoms. The summed E-state index contributed by atoms with van der Waals surface area (Å²) in [6, 6.07) is 4.79. The van der Waals surface area contributed by atoms with E-state index in [1.807, 2.05) is 0 Å². The van der Waals surface area contributed by atoms with Gasteiger partial charge in [0.15, 0.2) is 0 Å². The molecule has 0 aliphatic rings. The average Bonchev–Trinajstić information content (AvgIpc) is 2.87. The molecule has 3 aromatic rings. The molecule has 130 valence electrons. The lowest BCUT2D eigenvalue weighted by Crippen LogP contribution is -2.37. The summed E-state index contributed by atoms with van der Waals surface area (Å²) in [5, 5.41) is 4.44. The van der Waals surface area contributed by atoms with Gasteiger partial charge in [-0.25, -0.2) is 14.3 Å². The smallest absolute Gasteiger partial charge is 0.345 e. The van der Waals surface area contributed by atoms with E-state index in [2.05, 4.69) is 5.10 Å². The highest BCUT2D eigenvalue weighted by Crippen LogP contribution is 2.20. The zero-order chi connectivity index (χ0) is 18.5. The van der Waals surface area contributed by atoms with Crippen molar-refractivity contribution in [2.45, 2.75) is 13.8 Å². The Morgan fingerprint density at radius 3 is 2.36 bits per heavy atom. The van der Waals surface area contributed by atoms with Gasteiger partial charge in [-0.1, -0.05) is 0 Å². The molecular formula is C17H18N4O4. The zero-order valence-electron chi connectivity index (χ0n) is 14.7. The Hall–Kier alpha value is -3.16. The van der Waals surface area contributed by atoms with Crippen LogP contribution in [0.3, 0.4) is 0 Å². The summed E-state index contributed by atoms with van der Waals surface area (Å²) >= 11 is 0. The van der Waals surface area contributed by atoms with Crippen LogP contribution in [0.5, 0.6) is 5.88 Å². The van der Waals surface area contributed by atoms with Gasteiger partial charge in [0.05, 0.1) is 22.2 Å². The van der Waals surface area contributed by atoms with Gasteiger partial charge in [-0.3, -0.25) is 13.9 Å². The number of benzene rings is 1. The van der Waals surface area contributed by atoms with Crippen molar-refractivity contribution >= 4 is 16.9 Å². The minimum atomic E-state index is -0.585. The summed E-state index contributed by atoms with van der Waals surface area (Å²) in [4.78, 5) is 37.1. The number of hydrogen-bond acceptors (Lipinski definition) is 5. The van der Waals surface area contributed by atoms with Gasteiger partial charge in [-0.05, 0) is 31.5 Å². The number of carbonyl (C=O) groups is 1. The predicted molar refractivity (Wildman–Crippen MR) is 92.1 cm³/mol. The highest BCUT2D eigenvalue weighted by molar-refractivity contribution is 5.98. The molecular weight excluding hydrogens is 324 g/mol. The van der Waals surface area contributed by atoms with Gasteiger partial charge >= 0.3 is 11.7 Å². The predicted octanol–water partition coefficient (Wildman–Crippen LogP) is 0.807. The average molecular weight is 342 g/mol. The minimum absolute atomic E-state index is 0.266. The van der Waals surface area contributed by atoms with E-state index in [0.717, 1.165) is 10.3 Å². The molecule has 2 heterocycles. The Balaban J connectivity index is 2.17. The molecule has 0 saturated carbocycles. The molecule has 3 rings (SSSR count). The van der Waals surface area contributed by atoms with Crippen LogP contribution < -0.4 is 16.0 Å². The van der Waals surface area contributed by atoms with E-state index in [1.54, 1.807) is 46.1 Å². The van der Waals surface area contributed by atoms with Crippen LogP contribution in [0.1, 0.15) is 21.6 Å². The van der Waals surface area contributed by atoms with Crippen LogP contribution in [-0.2, 0) is 21.1 Å². The van der Waals surface area contributed by atoms with Crippen LogP contribution in [0, 0.1) is 13.8 Å². The summed E-state index contributed by atoms with van der Waals surface area (Å²) in [7, 11) is 4.67. The molecule has 0 radical (unpaired) electrons. The maximum Gasteiger partial charge on any atom is 0.345 e. The van der Waals surface area contributed by atoms with Gasteiger partial charge in [0, 0.05) is 27.2 Å². The largest absolute Gasteiger partial charge is 0.404 e. The monoisotopic (exact) mass is 342 g/mol. The first-order chi connectivity index (χ1) is 11.7. The number of carbonyl (C=O) groups excluding carboxylic acids is 1. The Morgan fingerprint density at radius 1 is 1.08 bits per heavy atom. The molecule has 0 saturated heterocycles. The molecule has 8 heteroatoms. The normalized spacial score (nSPS) is 11.1. The summed E-state index contributed by atoms with van der Waals surface area (Å²) in [5.41, 5.74) is 1.07. The number of aryl methyl sites for hydroxylation is 4. The topological polar surface area (TPSA) is 88.1 Å². The molecule has 0 N–H and O–H groups in total. The Labute approximate surface area is 142 Å². The van der Waals surface area contributed by atoms with Crippen LogP contribution in [-0.4, -0.2) is 24.9 Å². The van der Waals surface area contributed by atoms with Crippen molar-refractivity contribution in [3.8, 4) is 5.88 Å². The first-order valence-corrected chi connectivity index (χ1v) is 7.64. The van der Waals surface area contributed by atoms with E-state index in [0.29, 0.717) is 22.3 Å². The number of aromatic nitrogens is 4. The lowest BCUT2D eigenvalue weighted by atomic mass is 10.0. The Morgan fingerprint density at radius 2 is 1.76 bits per heavy atom. The first kappa shape index (κ1) is 16.7. The standard InChI is InChI=1S/C17H18N4O4/c1-9-8-13(21(5)18-9)25-16(23)11-6-7-12-14(10(11)2)15(22)20(4)17(24)19(12)3/h6-8H,1-5H3. The van der Waals surface area contributed by atoms with E-state index in [9.17, 15) is 14.4 Å². The fourth-order valence-electron chi connectivity index (χ4n) is 2.88. The van der Waals surface area contributed by atoms with Crippen LogP contribution in [0.25, 0.3) is 10.9 Å². The van der Waals surface area contributed by atoms with E-state index < -0.39 is 17.2 Å². The summed E-state index contributed by atoms with van der Waals surface area (Å²) in [6.07, 6.45) is 0. The molecule has 0 aliphatic heterocycles. The van der Waals surface area contributed by atoms with Crippen LogP contribution in [0.4, 0.5) is 0 Å². The second kappa shape index (κ2) is 5.73. The molecule has 8 nitrogen and oxygen atoms in total. The Kier molecular flexibility index (Phi) is 3.82. The molecule has 0 amide bonds. The number of ether oxygens (including phenoxy) is 1. The maximum absolute atomic E-state index is 12.5. The first-order valence-electron chi connectivity index (χ1n) is 7.64.